The van der Waals surface area contributed by atoms with Gasteiger partial charge >= 0.3 is 0 Å². The summed E-state index contributed by atoms with van der Waals surface area (Å²) >= 11 is 0. The van der Waals surface area contributed by atoms with Crippen molar-refractivity contribution in [3.8, 4) is 0 Å². The van der Waals surface area contributed by atoms with Crippen LogP contribution in [0.15, 0.2) is 24.3 Å². The lowest BCUT2D eigenvalue weighted by molar-refractivity contribution is -0.130. The number of benzene rings is 1. The summed E-state index contributed by atoms with van der Waals surface area (Å²) in [5, 5.41) is 2.84. The smallest absolute Gasteiger partial charge is 0.251 e. The lowest BCUT2D eigenvalue weighted by Gasteiger charge is -2.22. The first-order valence-corrected chi connectivity index (χ1v) is 9.01. The van der Waals surface area contributed by atoms with Crippen LogP contribution in [0.4, 0.5) is 0 Å². The highest BCUT2D eigenvalue weighted by molar-refractivity contribution is 5.94. The Labute approximate surface area is 163 Å². The van der Waals surface area contributed by atoms with Crippen molar-refractivity contribution in [1.29, 1.82) is 0 Å². The van der Waals surface area contributed by atoms with Crippen LogP contribution in [-0.4, -0.2) is 42.9 Å². The number of nitrogens with two attached hydrogens (primary N) is 1. The minimum Gasteiger partial charge on any atom is -0.352 e. The second-order valence-electron chi connectivity index (χ2n) is 8.41. The molecule has 1 aromatic carbocycles. The number of carbonyl (C=O) groups is 2. The van der Waals surface area contributed by atoms with Gasteiger partial charge in [-0.1, -0.05) is 39.8 Å². The Kier molecular flexibility index (Phi) is 7.66. The first kappa shape index (κ1) is 22.5. The molecule has 3 N–H and O–H groups in total. The summed E-state index contributed by atoms with van der Waals surface area (Å²) in [6.07, 6.45) is 1.27. The number of hydrogen-bond acceptors (Lipinski definition) is 3. The second kappa shape index (κ2) is 8.87. The molecule has 1 saturated heterocycles. The molecule has 26 heavy (non-hydrogen) atoms. The maximum absolute atomic E-state index is 12.3. The molecule has 1 fully saturated rings. The van der Waals surface area contributed by atoms with Gasteiger partial charge < -0.3 is 16.0 Å². The van der Waals surface area contributed by atoms with E-state index in [2.05, 4.69) is 33.0 Å². The Morgan fingerprint density at radius 1 is 1.23 bits per heavy atom. The standard InChI is InChI=1S/C20H31N3O2.ClH/c1-19(2,3)16-7-5-15(6-8-16)18(25)22-11-9-17(24)23-12-10-20(4,13-21)14-23;/h5-8H,9-14,21H2,1-4H3,(H,22,25);1H. The Hall–Kier alpha value is -1.59. The molecule has 0 aromatic heterocycles. The van der Waals surface area contributed by atoms with E-state index in [4.69, 9.17) is 5.73 Å². The molecular formula is C20H32ClN3O2. The molecule has 1 atom stereocenters. The molecule has 1 unspecified atom stereocenters. The predicted octanol–water partition coefficient (Wildman–Crippen LogP) is 2.72. The largest absolute Gasteiger partial charge is 0.352 e. The summed E-state index contributed by atoms with van der Waals surface area (Å²) in [6, 6.07) is 7.64. The number of rotatable bonds is 5. The first-order valence-electron chi connectivity index (χ1n) is 9.01. The van der Waals surface area contributed by atoms with Crippen LogP contribution in [-0.2, 0) is 10.2 Å². The van der Waals surface area contributed by atoms with Crippen LogP contribution >= 0.6 is 12.4 Å². The second-order valence-corrected chi connectivity index (χ2v) is 8.41. The van der Waals surface area contributed by atoms with Gasteiger partial charge in [-0.25, -0.2) is 0 Å². The summed E-state index contributed by atoms with van der Waals surface area (Å²) in [6.45, 7) is 11.0. The number of nitrogens with zero attached hydrogens (tertiary/aromatic N) is 1. The molecule has 146 valence electrons. The quantitative estimate of drug-likeness (QED) is 0.823. The molecule has 1 aromatic rings. The van der Waals surface area contributed by atoms with E-state index >= 15 is 0 Å². The molecule has 0 saturated carbocycles. The van der Waals surface area contributed by atoms with Crippen LogP contribution in [0.5, 0.6) is 0 Å². The van der Waals surface area contributed by atoms with Crippen molar-refractivity contribution in [3.63, 3.8) is 0 Å². The molecule has 2 amide bonds. The maximum Gasteiger partial charge on any atom is 0.251 e. The monoisotopic (exact) mass is 381 g/mol. The van der Waals surface area contributed by atoms with E-state index in [0.29, 0.717) is 31.6 Å². The SMILES string of the molecule is CC1(CN)CCN(C(=O)CCNC(=O)c2ccc(C(C)(C)C)cc2)C1.Cl. The fourth-order valence-electron chi connectivity index (χ4n) is 3.07. The van der Waals surface area contributed by atoms with Crippen LogP contribution in [0.25, 0.3) is 0 Å². The van der Waals surface area contributed by atoms with Crippen molar-refractivity contribution >= 4 is 24.2 Å². The van der Waals surface area contributed by atoms with Gasteiger partial charge in [-0.3, -0.25) is 9.59 Å². The van der Waals surface area contributed by atoms with E-state index in [-0.39, 0.29) is 35.1 Å². The number of halogens is 1. The molecule has 5 nitrogen and oxygen atoms in total. The molecule has 0 bridgehead atoms. The lowest BCUT2D eigenvalue weighted by Crippen LogP contribution is -2.36. The Bertz CT molecular complexity index is 625. The summed E-state index contributed by atoms with van der Waals surface area (Å²) in [7, 11) is 0. The van der Waals surface area contributed by atoms with Gasteiger partial charge in [0, 0.05) is 31.6 Å². The fourth-order valence-corrected chi connectivity index (χ4v) is 3.07. The number of likely N-dealkylation sites (tertiary alicyclic amines) is 1. The van der Waals surface area contributed by atoms with E-state index in [9.17, 15) is 9.59 Å². The number of hydrogen-bond donors (Lipinski definition) is 2. The molecule has 0 radical (unpaired) electrons. The lowest BCUT2D eigenvalue weighted by atomic mass is 9.87. The molecule has 2 rings (SSSR count). The normalized spacial score (nSPS) is 19.8. The number of nitrogens with one attached hydrogen (secondary N) is 1. The third-order valence-electron chi connectivity index (χ3n) is 5.04. The van der Waals surface area contributed by atoms with E-state index in [1.807, 2.05) is 29.2 Å². The first-order chi connectivity index (χ1) is 11.6. The number of amides is 2. The molecule has 1 aliphatic heterocycles. The van der Waals surface area contributed by atoms with Gasteiger partial charge in [0.25, 0.3) is 5.91 Å². The van der Waals surface area contributed by atoms with Gasteiger partial charge in [-0.15, -0.1) is 12.4 Å². The van der Waals surface area contributed by atoms with Gasteiger partial charge in [0.1, 0.15) is 0 Å². The van der Waals surface area contributed by atoms with Crippen LogP contribution in [0.1, 0.15) is 56.5 Å². The van der Waals surface area contributed by atoms with Crippen molar-refractivity contribution in [2.75, 3.05) is 26.2 Å². The third kappa shape index (κ3) is 5.71. The third-order valence-corrected chi connectivity index (χ3v) is 5.04. The summed E-state index contributed by atoms with van der Waals surface area (Å²) in [4.78, 5) is 26.3. The van der Waals surface area contributed by atoms with Crippen molar-refractivity contribution in [2.45, 2.75) is 46.0 Å². The minimum absolute atomic E-state index is 0. The van der Waals surface area contributed by atoms with Crippen molar-refractivity contribution < 1.29 is 9.59 Å². The molecular weight excluding hydrogens is 350 g/mol. The fraction of sp³-hybridized carbons (Fsp3) is 0.600. The molecule has 0 aliphatic carbocycles. The topological polar surface area (TPSA) is 75.4 Å². The van der Waals surface area contributed by atoms with Crippen molar-refractivity contribution in [1.82, 2.24) is 10.2 Å². The summed E-state index contributed by atoms with van der Waals surface area (Å²) in [5.74, 6) is -0.0537. The van der Waals surface area contributed by atoms with Crippen LogP contribution in [0.2, 0.25) is 0 Å². The zero-order chi connectivity index (χ0) is 18.7. The van der Waals surface area contributed by atoms with E-state index in [1.54, 1.807) is 0 Å². The van der Waals surface area contributed by atoms with Crippen LogP contribution < -0.4 is 11.1 Å². The predicted molar refractivity (Wildman–Crippen MR) is 108 cm³/mol. The molecule has 1 heterocycles. The van der Waals surface area contributed by atoms with E-state index < -0.39 is 0 Å². The highest BCUT2D eigenvalue weighted by Gasteiger charge is 2.34. The highest BCUT2D eigenvalue weighted by Crippen LogP contribution is 2.28. The number of carbonyl (C=O) groups excluding carboxylic acids is 2. The van der Waals surface area contributed by atoms with Crippen LogP contribution in [0.3, 0.4) is 0 Å². The summed E-state index contributed by atoms with van der Waals surface area (Å²) < 4.78 is 0. The summed E-state index contributed by atoms with van der Waals surface area (Å²) in [5.41, 5.74) is 7.69. The Balaban J connectivity index is 0.00000338. The van der Waals surface area contributed by atoms with E-state index in [1.165, 1.54) is 5.56 Å². The average Bonchev–Trinajstić information content (AvgIpc) is 2.97. The van der Waals surface area contributed by atoms with E-state index in [0.717, 1.165) is 13.0 Å². The zero-order valence-corrected chi connectivity index (χ0v) is 17.1. The Morgan fingerprint density at radius 2 is 1.85 bits per heavy atom. The maximum atomic E-state index is 12.3. The molecule has 0 spiro atoms. The van der Waals surface area contributed by atoms with Crippen LogP contribution in [0, 0.1) is 5.41 Å². The van der Waals surface area contributed by atoms with Crippen molar-refractivity contribution in [2.24, 2.45) is 11.1 Å². The molecule has 6 heteroatoms. The minimum atomic E-state index is -0.138. The zero-order valence-electron chi connectivity index (χ0n) is 16.3. The van der Waals surface area contributed by atoms with Crippen molar-refractivity contribution in [3.05, 3.63) is 35.4 Å². The molecule has 1 aliphatic rings. The van der Waals surface area contributed by atoms with Gasteiger partial charge in [0.05, 0.1) is 0 Å². The van der Waals surface area contributed by atoms with Gasteiger partial charge in [0.2, 0.25) is 5.91 Å². The van der Waals surface area contributed by atoms with Gasteiger partial charge in [0.15, 0.2) is 0 Å². The van der Waals surface area contributed by atoms with Gasteiger partial charge in [-0.05, 0) is 41.5 Å². The van der Waals surface area contributed by atoms with Gasteiger partial charge in [-0.2, -0.15) is 0 Å². The Morgan fingerprint density at radius 3 is 2.35 bits per heavy atom. The average molecular weight is 382 g/mol. The highest BCUT2D eigenvalue weighted by atomic mass is 35.5.